The molecule has 1 aromatic rings. The second kappa shape index (κ2) is 4.90. The van der Waals surface area contributed by atoms with Crippen molar-refractivity contribution in [3.8, 4) is 0 Å². The van der Waals surface area contributed by atoms with Gasteiger partial charge in [0.25, 0.3) is 0 Å². The molecule has 0 aliphatic carbocycles. The maximum Gasteiger partial charge on any atom is 0.416 e. The molecular formula is C13H17F3N2. The van der Waals surface area contributed by atoms with Crippen molar-refractivity contribution < 1.29 is 13.2 Å². The van der Waals surface area contributed by atoms with Gasteiger partial charge in [-0.05, 0) is 37.6 Å². The van der Waals surface area contributed by atoms with Gasteiger partial charge in [-0.1, -0.05) is 18.2 Å². The molecule has 1 aliphatic rings. The minimum Gasteiger partial charge on any atom is -0.324 e. The molecule has 0 radical (unpaired) electrons. The first-order chi connectivity index (χ1) is 8.39. The van der Waals surface area contributed by atoms with Crippen LogP contribution in [0.1, 0.15) is 23.6 Å². The molecule has 1 aliphatic heterocycles. The monoisotopic (exact) mass is 258 g/mol. The molecule has 0 amide bonds. The molecule has 2 N–H and O–H groups in total. The number of hydrogen-bond acceptors (Lipinski definition) is 2. The zero-order chi connectivity index (χ0) is 13.3. The normalized spacial score (nSPS) is 23.3. The number of rotatable bonds is 2. The molecule has 0 spiro atoms. The van der Waals surface area contributed by atoms with Gasteiger partial charge >= 0.3 is 6.18 Å². The third kappa shape index (κ3) is 2.67. The smallest absolute Gasteiger partial charge is 0.324 e. The lowest BCUT2D eigenvalue weighted by Gasteiger charge is -2.23. The number of benzene rings is 1. The SMILES string of the molecule is CN1CCC(C(N)c2ccccc2C(F)(F)F)C1. The zero-order valence-corrected chi connectivity index (χ0v) is 10.2. The van der Waals surface area contributed by atoms with Crippen molar-refractivity contribution in [3.63, 3.8) is 0 Å². The van der Waals surface area contributed by atoms with E-state index in [0.717, 1.165) is 25.6 Å². The molecule has 2 rings (SSSR count). The van der Waals surface area contributed by atoms with E-state index >= 15 is 0 Å². The van der Waals surface area contributed by atoms with Crippen LogP contribution in [0.2, 0.25) is 0 Å². The van der Waals surface area contributed by atoms with Crippen molar-refractivity contribution >= 4 is 0 Å². The van der Waals surface area contributed by atoms with Gasteiger partial charge in [0.2, 0.25) is 0 Å². The van der Waals surface area contributed by atoms with E-state index in [4.69, 9.17) is 5.73 Å². The summed E-state index contributed by atoms with van der Waals surface area (Å²) in [5, 5.41) is 0. The fourth-order valence-electron chi connectivity index (χ4n) is 2.56. The van der Waals surface area contributed by atoms with Crippen molar-refractivity contribution in [3.05, 3.63) is 35.4 Å². The van der Waals surface area contributed by atoms with E-state index < -0.39 is 17.8 Å². The fraction of sp³-hybridized carbons (Fsp3) is 0.538. The molecule has 0 aromatic heterocycles. The summed E-state index contributed by atoms with van der Waals surface area (Å²) in [4.78, 5) is 2.10. The first-order valence-corrected chi connectivity index (χ1v) is 6.00. The number of alkyl halides is 3. The van der Waals surface area contributed by atoms with Crippen molar-refractivity contribution in [1.29, 1.82) is 0 Å². The summed E-state index contributed by atoms with van der Waals surface area (Å²) < 4.78 is 38.7. The number of likely N-dealkylation sites (tertiary alicyclic amines) is 1. The van der Waals surface area contributed by atoms with Gasteiger partial charge in [0.15, 0.2) is 0 Å². The summed E-state index contributed by atoms with van der Waals surface area (Å²) in [6.07, 6.45) is -3.48. The van der Waals surface area contributed by atoms with Crippen molar-refractivity contribution in [2.75, 3.05) is 20.1 Å². The third-order valence-corrected chi connectivity index (χ3v) is 3.56. The minimum atomic E-state index is -4.33. The highest BCUT2D eigenvalue weighted by molar-refractivity contribution is 5.32. The Morgan fingerprint density at radius 2 is 2.00 bits per heavy atom. The molecule has 1 fully saturated rings. The van der Waals surface area contributed by atoms with Gasteiger partial charge in [-0.25, -0.2) is 0 Å². The summed E-state index contributed by atoms with van der Waals surface area (Å²) in [6, 6.07) is 5.07. The van der Waals surface area contributed by atoms with Crippen LogP contribution in [0.5, 0.6) is 0 Å². The molecule has 1 saturated heterocycles. The molecule has 2 unspecified atom stereocenters. The standard InChI is InChI=1S/C13H17F3N2/c1-18-7-6-9(8-18)12(17)10-4-2-3-5-11(10)13(14,15)16/h2-5,9,12H,6-8,17H2,1H3. The first-order valence-electron chi connectivity index (χ1n) is 6.00. The molecule has 2 atom stereocenters. The Balaban J connectivity index is 2.28. The Kier molecular flexibility index (Phi) is 3.64. The maximum absolute atomic E-state index is 12.9. The molecule has 0 saturated carbocycles. The average molecular weight is 258 g/mol. The van der Waals surface area contributed by atoms with Gasteiger partial charge in [0.1, 0.15) is 0 Å². The van der Waals surface area contributed by atoms with Crippen LogP contribution in [0.4, 0.5) is 13.2 Å². The van der Waals surface area contributed by atoms with Gasteiger partial charge < -0.3 is 10.6 Å². The highest BCUT2D eigenvalue weighted by Gasteiger charge is 2.36. The zero-order valence-electron chi connectivity index (χ0n) is 10.2. The van der Waals surface area contributed by atoms with Crippen LogP contribution in [0.25, 0.3) is 0 Å². The third-order valence-electron chi connectivity index (χ3n) is 3.56. The highest BCUT2D eigenvalue weighted by atomic mass is 19.4. The Morgan fingerprint density at radius 1 is 1.33 bits per heavy atom. The summed E-state index contributed by atoms with van der Waals surface area (Å²) in [5.41, 5.74) is 5.64. The second-order valence-electron chi connectivity index (χ2n) is 4.92. The summed E-state index contributed by atoms with van der Waals surface area (Å²) in [6.45, 7) is 1.65. The fourth-order valence-corrected chi connectivity index (χ4v) is 2.56. The Bertz CT molecular complexity index is 417. The van der Waals surface area contributed by atoms with Gasteiger partial charge in [-0.3, -0.25) is 0 Å². The predicted octanol–water partition coefficient (Wildman–Crippen LogP) is 2.66. The number of hydrogen-bond donors (Lipinski definition) is 1. The van der Waals surface area contributed by atoms with E-state index in [1.54, 1.807) is 6.07 Å². The Labute approximate surface area is 105 Å². The second-order valence-corrected chi connectivity index (χ2v) is 4.92. The van der Waals surface area contributed by atoms with Crippen LogP contribution in [-0.4, -0.2) is 25.0 Å². The summed E-state index contributed by atoms with van der Waals surface area (Å²) >= 11 is 0. The van der Waals surface area contributed by atoms with Crippen LogP contribution in [0.15, 0.2) is 24.3 Å². The van der Waals surface area contributed by atoms with Gasteiger partial charge in [0, 0.05) is 12.6 Å². The highest BCUT2D eigenvalue weighted by Crippen LogP contribution is 2.37. The molecule has 1 heterocycles. The molecule has 18 heavy (non-hydrogen) atoms. The van der Waals surface area contributed by atoms with Crippen LogP contribution < -0.4 is 5.73 Å². The molecule has 5 heteroatoms. The topological polar surface area (TPSA) is 29.3 Å². The van der Waals surface area contributed by atoms with Crippen LogP contribution in [-0.2, 0) is 6.18 Å². The molecule has 0 bridgehead atoms. The number of nitrogens with zero attached hydrogens (tertiary/aromatic N) is 1. The van der Waals surface area contributed by atoms with Crippen molar-refractivity contribution in [2.24, 2.45) is 11.7 Å². The number of nitrogens with two attached hydrogens (primary N) is 1. The van der Waals surface area contributed by atoms with E-state index in [9.17, 15) is 13.2 Å². The van der Waals surface area contributed by atoms with E-state index in [0.29, 0.717) is 0 Å². The van der Waals surface area contributed by atoms with Crippen molar-refractivity contribution in [1.82, 2.24) is 4.90 Å². The summed E-state index contributed by atoms with van der Waals surface area (Å²) in [7, 11) is 1.96. The molecular weight excluding hydrogens is 241 g/mol. The first kappa shape index (κ1) is 13.4. The van der Waals surface area contributed by atoms with Crippen LogP contribution in [0, 0.1) is 5.92 Å². The maximum atomic E-state index is 12.9. The van der Waals surface area contributed by atoms with Gasteiger partial charge in [-0.15, -0.1) is 0 Å². The molecule has 2 nitrogen and oxygen atoms in total. The van der Waals surface area contributed by atoms with E-state index in [-0.39, 0.29) is 11.5 Å². The predicted molar refractivity (Wildman–Crippen MR) is 64.0 cm³/mol. The van der Waals surface area contributed by atoms with Crippen molar-refractivity contribution in [2.45, 2.75) is 18.6 Å². The molecule has 1 aromatic carbocycles. The minimum absolute atomic E-state index is 0.0958. The van der Waals surface area contributed by atoms with Crippen LogP contribution >= 0.6 is 0 Å². The van der Waals surface area contributed by atoms with E-state index in [1.807, 2.05) is 7.05 Å². The average Bonchev–Trinajstić information content (AvgIpc) is 2.74. The Morgan fingerprint density at radius 3 is 2.56 bits per heavy atom. The molecule has 100 valence electrons. The lowest BCUT2D eigenvalue weighted by atomic mass is 9.90. The number of halogens is 3. The Hall–Kier alpha value is -1.07. The van der Waals surface area contributed by atoms with E-state index in [2.05, 4.69) is 4.90 Å². The lowest BCUT2D eigenvalue weighted by molar-refractivity contribution is -0.138. The summed E-state index contributed by atoms with van der Waals surface area (Å²) in [5.74, 6) is 0.0958. The largest absolute Gasteiger partial charge is 0.416 e. The van der Waals surface area contributed by atoms with Gasteiger partial charge in [0.05, 0.1) is 5.56 Å². The van der Waals surface area contributed by atoms with E-state index in [1.165, 1.54) is 12.1 Å². The quantitative estimate of drug-likeness (QED) is 0.883. The van der Waals surface area contributed by atoms with Crippen LogP contribution in [0.3, 0.4) is 0 Å². The lowest BCUT2D eigenvalue weighted by Crippen LogP contribution is -2.26. The van der Waals surface area contributed by atoms with Gasteiger partial charge in [-0.2, -0.15) is 13.2 Å².